The van der Waals surface area contributed by atoms with Crippen LogP contribution in [0.3, 0.4) is 0 Å². The first-order valence-electron chi connectivity index (χ1n) is 10.7. The fourth-order valence-electron chi connectivity index (χ4n) is 3.30. The van der Waals surface area contributed by atoms with E-state index in [9.17, 15) is 0 Å². The molecule has 34 heavy (non-hydrogen) atoms. The molecule has 0 aliphatic rings. The zero-order chi connectivity index (χ0) is 23.3. The fourth-order valence-corrected chi connectivity index (χ4v) is 3.30. The Bertz CT molecular complexity index is 1380. The van der Waals surface area contributed by atoms with Crippen molar-refractivity contribution < 1.29 is 4.74 Å². The van der Waals surface area contributed by atoms with Crippen molar-refractivity contribution >= 4 is 11.6 Å². The van der Waals surface area contributed by atoms with Crippen LogP contribution in [0.25, 0.3) is 11.4 Å². The number of H-pyrrole nitrogens is 1. The van der Waals surface area contributed by atoms with Gasteiger partial charge in [-0.1, -0.05) is 11.3 Å². The third kappa shape index (κ3) is 4.88. The second-order valence-electron chi connectivity index (χ2n) is 7.60. The minimum Gasteiger partial charge on any atom is -0.455 e. The lowest BCUT2D eigenvalue weighted by Crippen LogP contribution is -2.04. The van der Waals surface area contributed by atoms with Crippen LogP contribution in [0.5, 0.6) is 11.5 Å². The van der Waals surface area contributed by atoms with Crippen LogP contribution in [-0.4, -0.2) is 45.4 Å². The lowest BCUT2D eigenvalue weighted by atomic mass is 10.1. The number of nitrogens with one attached hydrogen (secondary N) is 2. The highest BCUT2D eigenvalue weighted by molar-refractivity contribution is 5.64. The van der Waals surface area contributed by atoms with E-state index in [-0.39, 0.29) is 0 Å². The standard InChI is InChI=1S/C23H22N10O/c1-15-13-19(23(26-16(15)2)18-5-3-4-9-24-18)34-17-6-10-25-22(14-17)27-20-7-11-33(30-20)12-8-21-28-31-32-29-21/h3-7,9-11,13-14H,8,12H2,1-2H3,(H,25,27,30)(H,28,29,31,32). The van der Waals surface area contributed by atoms with Gasteiger partial charge in [-0.15, -0.1) is 10.2 Å². The summed E-state index contributed by atoms with van der Waals surface area (Å²) in [5.74, 6) is 3.17. The molecule has 0 saturated heterocycles. The molecule has 170 valence electrons. The average Bonchev–Trinajstić information content (AvgIpc) is 3.53. The van der Waals surface area contributed by atoms with Gasteiger partial charge in [-0.05, 0) is 43.7 Å². The topological polar surface area (TPSA) is 132 Å². The zero-order valence-electron chi connectivity index (χ0n) is 18.7. The van der Waals surface area contributed by atoms with E-state index < -0.39 is 0 Å². The molecule has 0 aliphatic heterocycles. The molecule has 5 heterocycles. The summed E-state index contributed by atoms with van der Waals surface area (Å²) in [7, 11) is 0. The van der Waals surface area contributed by atoms with E-state index in [2.05, 4.69) is 41.0 Å². The predicted octanol–water partition coefficient (Wildman–Crippen LogP) is 3.64. The second-order valence-corrected chi connectivity index (χ2v) is 7.60. The molecule has 0 saturated carbocycles. The van der Waals surface area contributed by atoms with Crippen LogP contribution >= 0.6 is 0 Å². The molecule has 0 atom stereocenters. The zero-order valence-corrected chi connectivity index (χ0v) is 18.7. The lowest BCUT2D eigenvalue weighted by Gasteiger charge is -2.13. The quantitative estimate of drug-likeness (QED) is 0.360. The third-order valence-electron chi connectivity index (χ3n) is 5.15. The lowest BCUT2D eigenvalue weighted by molar-refractivity contribution is 0.481. The molecule has 0 amide bonds. The summed E-state index contributed by atoms with van der Waals surface area (Å²) in [4.78, 5) is 13.5. The number of anilines is 2. The van der Waals surface area contributed by atoms with E-state index in [0.717, 1.165) is 17.0 Å². The Hall–Kier alpha value is -4.67. The van der Waals surface area contributed by atoms with Crippen molar-refractivity contribution in [2.75, 3.05) is 5.32 Å². The molecule has 0 fully saturated rings. The third-order valence-corrected chi connectivity index (χ3v) is 5.15. The number of pyridine rings is 3. The van der Waals surface area contributed by atoms with Crippen molar-refractivity contribution in [1.82, 2.24) is 45.4 Å². The number of aromatic amines is 1. The smallest absolute Gasteiger partial charge is 0.176 e. The van der Waals surface area contributed by atoms with E-state index in [0.29, 0.717) is 47.6 Å². The van der Waals surface area contributed by atoms with Crippen molar-refractivity contribution in [1.29, 1.82) is 0 Å². The number of nitrogens with zero attached hydrogens (tertiary/aromatic N) is 8. The number of tetrazole rings is 1. The first-order valence-corrected chi connectivity index (χ1v) is 10.7. The Balaban J connectivity index is 1.32. The van der Waals surface area contributed by atoms with E-state index in [1.165, 1.54) is 0 Å². The van der Waals surface area contributed by atoms with Crippen molar-refractivity contribution in [3.05, 3.63) is 78.1 Å². The minimum atomic E-state index is 0.608. The van der Waals surface area contributed by atoms with Gasteiger partial charge in [-0.2, -0.15) is 10.3 Å². The van der Waals surface area contributed by atoms with Crippen LogP contribution < -0.4 is 10.1 Å². The van der Waals surface area contributed by atoms with Crippen molar-refractivity contribution in [2.45, 2.75) is 26.8 Å². The molecule has 5 aromatic heterocycles. The summed E-state index contributed by atoms with van der Waals surface area (Å²) in [6.07, 6.45) is 5.93. The van der Waals surface area contributed by atoms with Gasteiger partial charge in [0, 0.05) is 49.4 Å². The summed E-state index contributed by atoms with van der Waals surface area (Å²) in [5, 5.41) is 21.6. The number of hydrogen-bond acceptors (Lipinski definition) is 9. The van der Waals surface area contributed by atoms with Gasteiger partial charge in [0.05, 0.1) is 5.69 Å². The molecule has 5 rings (SSSR count). The van der Waals surface area contributed by atoms with E-state index in [1.807, 2.05) is 56.4 Å². The van der Waals surface area contributed by atoms with Gasteiger partial charge < -0.3 is 10.1 Å². The van der Waals surface area contributed by atoms with Gasteiger partial charge >= 0.3 is 0 Å². The first-order chi connectivity index (χ1) is 16.6. The fraction of sp³-hybridized carbons (Fsp3) is 0.174. The molecular formula is C23H22N10O. The number of aromatic nitrogens is 9. The maximum atomic E-state index is 6.23. The van der Waals surface area contributed by atoms with E-state index in [1.54, 1.807) is 23.1 Å². The van der Waals surface area contributed by atoms with Crippen LogP contribution in [0.1, 0.15) is 17.1 Å². The normalized spacial score (nSPS) is 10.9. The molecule has 11 nitrogen and oxygen atoms in total. The van der Waals surface area contributed by atoms with Crippen LogP contribution in [0, 0.1) is 13.8 Å². The number of hydrogen-bond donors (Lipinski definition) is 2. The molecule has 11 heteroatoms. The Kier molecular flexibility index (Phi) is 5.89. The first kappa shape index (κ1) is 21.2. The molecule has 0 unspecified atom stereocenters. The van der Waals surface area contributed by atoms with Gasteiger partial charge in [0.2, 0.25) is 0 Å². The van der Waals surface area contributed by atoms with Crippen LogP contribution in [-0.2, 0) is 13.0 Å². The minimum absolute atomic E-state index is 0.608. The van der Waals surface area contributed by atoms with Gasteiger partial charge in [-0.25, -0.2) is 9.97 Å². The monoisotopic (exact) mass is 454 g/mol. The van der Waals surface area contributed by atoms with Crippen LogP contribution in [0.4, 0.5) is 11.6 Å². The van der Waals surface area contributed by atoms with Crippen LogP contribution in [0.15, 0.2) is 61.1 Å². The highest BCUT2D eigenvalue weighted by Gasteiger charge is 2.13. The Morgan fingerprint density at radius 1 is 1.03 bits per heavy atom. The SMILES string of the molecule is Cc1cc(Oc2ccnc(Nc3ccn(CCc4nn[nH]n4)n3)c2)c(-c2ccccn2)nc1C. The molecule has 0 bridgehead atoms. The van der Waals surface area contributed by atoms with E-state index in [4.69, 9.17) is 9.72 Å². The molecule has 0 aromatic carbocycles. The summed E-state index contributed by atoms with van der Waals surface area (Å²) < 4.78 is 8.04. The largest absolute Gasteiger partial charge is 0.455 e. The second kappa shape index (κ2) is 9.45. The average molecular weight is 454 g/mol. The highest BCUT2D eigenvalue weighted by atomic mass is 16.5. The van der Waals surface area contributed by atoms with Crippen LogP contribution in [0.2, 0.25) is 0 Å². The Labute approximate surface area is 195 Å². The summed E-state index contributed by atoms with van der Waals surface area (Å²) >= 11 is 0. The number of ether oxygens (including phenoxy) is 1. The van der Waals surface area contributed by atoms with Crippen molar-refractivity contribution in [3.8, 4) is 22.9 Å². The molecule has 5 aromatic rings. The molecule has 0 spiro atoms. The van der Waals surface area contributed by atoms with Crippen molar-refractivity contribution in [3.63, 3.8) is 0 Å². The Morgan fingerprint density at radius 3 is 2.79 bits per heavy atom. The van der Waals surface area contributed by atoms with Crippen molar-refractivity contribution in [2.24, 2.45) is 0 Å². The number of aryl methyl sites for hydroxylation is 4. The maximum Gasteiger partial charge on any atom is 0.176 e. The highest BCUT2D eigenvalue weighted by Crippen LogP contribution is 2.33. The van der Waals surface area contributed by atoms with Gasteiger partial charge in [0.25, 0.3) is 0 Å². The maximum absolute atomic E-state index is 6.23. The number of rotatable bonds is 8. The van der Waals surface area contributed by atoms with E-state index >= 15 is 0 Å². The van der Waals surface area contributed by atoms with Gasteiger partial charge in [0.15, 0.2) is 17.4 Å². The van der Waals surface area contributed by atoms with Gasteiger partial charge in [0.1, 0.15) is 17.3 Å². The molecule has 2 N–H and O–H groups in total. The molecule has 0 radical (unpaired) electrons. The molecular weight excluding hydrogens is 432 g/mol. The summed E-state index contributed by atoms with van der Waals surface area (Å²) in [5.41, 5.74) is 3.41. The predicted molar refractivity (Wildman–Crippen MR) is 125 cm³/mol. The Morgan fingerprint density at radius 2 is 1.97 bits per heavy atom. The summed E-state index contributed by atoms with van der Waals surface area (Å²) in [6, 6.07) is 13.2. The molecule has 0 aliphatic carbocycles. The van der Waals surface area contributed by atoms with Gasteiger partial charge in [-0.3, -0.25) is 9.67 Å². The summed E-state index contributed by atoms with van der Waals surface area (Å²) in [6.45, 7) is 4.61.